The van der Waals surface area contributed by atoms with Gasteiger partial charge in [-0.15, -0.1) is 11.8 Å². The average Bonchev–Trinajstić information content (AvgIpc) is 2.50. The van der Waals surface area contributed by atoms with Crippen LogP contribution in [0.15, 0.2) is 47.4 Å². The van der Waals surface area contributed by atoms with Gasteiger partial charge < -0.3 is 5.32 Å². The Balaban J connectivity index is 1.78. The molecule has 0 aliphatic heterocycles. The minimum atomic E-state index is 0.669. The largest absolute Gasteiger partial charge is 0.313 e. The van der Waals surface area contributed by atoms with Gasteiger partial charge in [-0.05, 0) is 54.6 Å². The lowest BCUT2D eigenvalue weighted by Crippen LogP contribution is -2.42. The van der Waals surface area contributed by atoms with Crippen LogP contribution < -0.4 is 5.32 Å². The second-order valence-electron chi connectivity index (χ2n) is 6.25. The summed E-state index contributed by atoms with van der Waals surface area (Å²) in [5.74, 6) is 0.859. The quantitative estimate of drug-likeness (QED) is 0.843. The number of hydrogen-bond donors (Lipinski definition) is 1. The fourth-order valence-electron chi connectivity index (χ4n) is 3.37. The summed E-state index contributed by atoms with van der Waals surface area (Å²) in [6.07, 6.45) is 4.02. The summed E-state index contributed by atoms with van der Waals surface area (Å²) in [6, 6.07) is 16.2. The van der Waals surface area contributed by atoms with Crippen LogP contribution in [0.2, 0.25) is 0 Å². The Morgan fingerprint density at radius 1 is 1.10 bits per heavy atom. The molecule has 1 aliphatic carbocycles. The molecule has 0 saturated heterocycles. The highest BCUT2D eigenvalue weighted by molar-refractivity contribution is 8.00. The van der Waals surface area contributed by atoms with Crippen LogP contribution in [0.25, 0.3) is 10.8 Å². The number of rotatable bonds is 4. The summed E-state index contributed by atoms with van der Waals surface area (Å²) < 4.78 is 0. The van der Waals surface area contributed by atoms with Crippen LogP contribution in [-0.4, -0.2) is 17.8 Å². The van der Waals surface area contributed by atoms with Crippen LogP contribution in [0.1, 0.15) is 33.1 Å². The molecule has 3 rings (SSSR count). The third kappa shape index (κ3) is 3.61. The SMILES string of the molecule is CCNC1CCC(C)CC1Sc1ccc2ccccc2c1. The molecule has 0 radical (unpaired) electrons. The van der Waals surface area contributed by atoms with Crippen LogP contribution in [0.5, 0.6) is 0 Å². The molecule has 0 bridgehead atoms. The molecule has 2 aromatic rings. The lowest BCUT2D eigenvalue weighted by Gasteiger charge is -2.35. The van der Waals surface area contributed by atoms with Crippen molar-refractivity contribution >= 4 is 22.5 Å². The first-order valence-corrected chi connectivity index (χ1v) is 9.03. The Bertz CT molecular complexity index is 595. The maximum Gasteiger partial charge on any atom is 0.0250 e. The van der Waals surface area contributed by atoms with Crippen molar-refractivity contribution in [3.63, 3.8) is 0 Å². The molecule has 1 nitrogen and oxygen atoms in total. The lowest BCUT2D eigenvalue weighted by atomic mass is 9.87. The summed E-state index contributed by atoms with van der Waals surface area (Å²) in [4.78, 5) is 1.41. The molecule has 112 valence electrons. The van der Waals surface area contributed by atoms with Gasteiger partial charge in [0.15, 0.2) is 0 Å². The number of thioether (sulfide) groups is 1. The van der Waals surface area contributed by atoms with Crippen molar-refractivity contribution < 1.29 is 0 Å². The van der Waals surface area contributed by atoms with Crippen LogP contribution >= 0.6 is 11.8 Å². The molecule has 1 fully saturated rings. The molecule has 2 heteroatoms. The molecule has 3 atom stereocenters. The molecule has 0 heterocycles. The first-order chi connectivity index (χ1) is 10.3. The second-order valence-corrected chi connectivity index (χ2v) is 7.56. The lowest BCUT2D eigenvalue weighted by molar-refractivity contribution is 0.321. The van der Waals surface area contributed by atoms with E-state index < -0.39 is 0 Å². The van der Waals surface area contributed by atoms with Gasteiger partial charge in [0.05, 0.1) is 0 Å². The van der Waals surface area contributed by atoms with E-state index in [0.29, 0.717) is 11.3 Å². The van der Waals surface area contributed by atoms with Gasteiger partial charge in [-0.25, -0.2) is 0 Å². The zero-order valence-electron chi connectivity index (χ0n) is 13.0. The zero-order chi connectivity index (χ0) is 14.7. The summed E-state index contributed by atoms with van der Waals surface area (Å²) in [7, 11) is 0. The molecule has 0 spiro atoms. The van der Waals surface area contributed by atoms with Crippen molar-refractivity contribution in [1.82, 2.24) is 5.32 Å². The normalized spacial score (nSPS) is 26.1. The monoisotopic (exact) mass is 299 g/mol. The fraction of sp³-hybridized carbons (Fsp3) is 0.474. The molecule has 0 amide bonds. The fourth-order valence-corrected chi connectivity index (χ4v) is 4.88. The summed E-state index contributed by atoms with van der Waals surface area (Å²) >= 11 is 2.07. The van der Waals surface area contributed by atoms with E-state index in [0.717, 1.165) is 12.5 Å². The van der Waals surface area contributed by atoms with Gasteiger partial charge in [0.25, 0.3) is 0 Å². The molecular weight excluding hydrogens is 274 g/mol. The minimum absolute atomic E-state index is 0.669. The van der Waals surface area contributed by atoms with Gasteiger partial charge in [-0.3, -0.25) is 0 Å². The number of benzene rings is 2. The summed E-state index contributed by atoms with van der Waals surface area (Å²) in [5.41, 5.74) is 0. The Labute approximate surface area is 132 Å². The molecule has 1 N–H and O–H groups in total. The van der Waals surface area contributed by atoms with Crippen LogP contribution in [-0.2, 0) is 0 Å². The molecule has 0 aromatic heterocycles. The van der Waals surface area contributed by atoms with Crippen LogP contribution in [0, 0.1) is 5.92 Å². The topological polar surface area (TPSA) is 12.0 Å². The van der Waals surface area contributed by atoms with Crippen molar-refractivity contribution in [2.75, 3.05) is 6.54 Å². The standard InChI is InChI=1S/C19H25NS/c1-3-20-18-11-8-14(2)12-19(18)21-17-10-9-15-6-4-5-7-16(15)13-17/h4-7,9-10,13-14,18-20H,3,8,11-12H2,1-2H3. The first-order valence-electron chi connectivity index (χ1n) is 8.15. The Kier molecular flexibility index (Phi) is 4.87. The Morgan fingerprint density at radius 3 is 2.71 bits per heavy atom. The Hall–Kier alpha value is -0.990. The van der Waals surface area contributed by atoms with E-state index in [4.69, 9.17) is 0 Å². The predicted molar refractivity (Wildman–Crippen MR) is 94.1 cm³/mol. The molecule has 2 aromatic carbocycles. The van der Waals surface area contributed by atoms with Crippen molar-refractivity contribution in [3.05, 3.63) is 42.5 Å². The van der Waals surface area contributed by atoms with Crippen molar-refractivity contribution in [3.8, 4) is 0 Å². The highest BCUT2D eigenvalue weighted by Crippen LogP contribution is 2.37. The zero-order valence-corrected chi connectivity index (χ0v) is 13.8. The first kappa shape index (κ1) is 14.9. The average molecular weight is 299 g/mol. The number of nitrogens with one attached hydrogen (secondary N) is 1. The van der Waals surface area contributed by atoms with E-state index in [1.807, 2.05) is 0 Å². The second kappa shape index (κ2) is 6.85. The Morgan fingerprint density at radius 2 is 1.90 bits per heavy atom. The number of fused-ring (bicyclic) bond motifs is 1. The van der Waals surface area contributed by atoms with Crippen LogP contribution in [0.3, 0.4) is 0 Å². The van der Waals surface area contributed by atoms with Gasteiger partial charge in [0, 0.05) is 16.2 Å². The molecule has 21 heavy (non-hydrogen) atoms. The summed E-state index contributed by atoms with van der Waals surface area (Å²) in [5, 5.41) is 7.08. The smallest absolute Gasteiger partial charge is 0.0250 e. The van der Waals surface area contributed by atoms with Gasteiger partial charge in [0.2, 0.25) is 0 Å². The van der Waals surface area contributed by atoms with Crippen molar-refractivity contribution in [1.29, 1.82) is 0 Å². The van der Waals surface area contributed by atoms with E-state index >= 15 is 0 Å². The van der Waals surface area contributed by atoms with Gasteiger partial charge in [-0.2, -0.15) is 0 Å². The van der Waals surface area contributed by atoms with E-state index in [2.05, 4.69) is 73.4 Å². The minimum Gasteiger partial charge on any atom is -0.313 e. The van der Waals surface area contributed by atoms with E-state index in [-0.39, 0.29) is 0 Å². The third-order valence-electron chi connectivity index (χ3n) is 4.53. The third-order valence-corrected chi connectivity index (χ3v) is 5.88. The maximum absolute atomic E-state index is 3.69. The van der Waals surface area contributed by atoms with E-state index in [1.54, 1.807) is 0 Å². The van der Waals surface area contributed by atoms with Crippen molar-refractivity contribution in [2.45, 2.75) is 49.3 Å². The molecule has 1 saturated carbocycles. The highest BCUT2D eigenvalue weighted by Gasteiger charge is 2.28. The molecular formula is C19H25NS. The molecule has 1 aliphatic rings. The highest BCUT2D eigenvalue weighted by atomic mass is 32.2. The maximum atomic E-state index is 3.69. The number of hydrogen-bond acceptors (Lipinski definition) is 2. The van der Waals surface area contributed by atoms with Crippen molar-refractivity contribution in [2.24, 2.45) is 5.92 Å². The van der Waals surface area contributed by atoms with Gasteiger partial charge in [0.1, 0.15) is 0 Å². The molecule has 3 unspecified atom stereocenters. The van der Waals surface area contributed by atoms with E-state index in [9.17, 15) is 0 Å². The summed E-state index contributed by atoms with van der Waals surface area (Å²) in [6.45, 7) is 5.69. The predicted octanol–water partition coefficient (Wildman–Crippen LogP) is 5.10. The van der Waals surface area contributed by atoms with Gasteiger partial charge in [-0.1, -0.05) is 44.2 Å². The van der Waals surface area contributed by atoms with Gasteiger partial charge >= 0.3 is 0 Å². The van der Waals surface area contributed by atoms with E-state index in [1.165, 1.54) is 34.9 Å². The van der Waals surface area contributed by atoms with Crippen LogP contribution in [0.4, 0.5) is 0 Å².